The van der Waals surface area contributed by atoms with Gasteiger partial charge < -0.3 is 9.88 Å². The van der Waals surface area contributed by atoms with Gasteiger partial charge in [0.25, 0.3) is 5.91 Å². The van der Waals surface area contributed by atoms with E-state index in [2.05, 4.69) is 15.3 Å². The van der Waals surface area contributed by atoms with Crippen LogP contribution >= 0.6 is 11.8 Å². The van der Waals surface area contributed by atoms with Gasteiger partial charge in [-0.1, -0.05) is 24.3 Å². The van der Waals surface area contributed by atoms with Crippen LogP contribution in [0.5, 0.6) is 0 Å². The van der Waals surface area contributed by atoms with Crippen molar-refractivity contribution in [3.05, 3.63) is 64.3 Å². The number of amidine groups is 1. The van der Waals surface area contributed by atoms with E-state index in [0.717, 1.165) is 33.4 Å². The molecule has 0 saturated carbocycles. The second kappa shape index (κ2) is 6.46. The van der Waals surface area contributed by atoms with E-state index in [9.17, 15) is 4.79 Å². The molecule has 0 aliphatic carbocycles. The number of aryl methyl sites for hydroxylation is 3. The normalized spacial score (nSPS) is 17.4. The van der Waals surface area contributed by atoms with Crippen molar-refractivity contribution in [1.82, 2.24) is 14.9 Å². The van der Waals surface area contributed by atoms with Gasteiger partial charge >= 0.3 is 0 Å². The van der Waals surface area contributed by atoms with Crippen LogP contribution in [-0.2, 0) is 11.8 Å². The number of rotatable bonds is 2. The standard InChI is InChI=1S/C20H18N4OS/c1-12-5-4-6-13(2)18(12)22-20-23-19(25)17(26-20)10-14-7-8-15-16(9-14)24(3)11-21-15/h4-11H,1-3H3,(H,22,23,25). The first kappa shape index (κ1) is 16.6. The van der Waals surface area contributed by atoms with Crippen molar-refractivity contribution in [3.63, 3.8) is 0 Å². The highest BCUT2D eigenvalue weighted by atomic mass is 32.2. The minimum Gasteiger partial charge on any atom is -0.334 e. The van der Waals surface area contributed by atoms with E-state index in [-0.39, 0.29) is 5.91 Å². The van der Waals surface area contributed by atoms with Gasteiger partial charge in [-0.3, -0.25) is 4.79 Å². The molecule has 0 bridgehead atoms. The van der Waals surface area contributed by atoms with Crippen LogP contribution in [0.1, 0.15) is 16.7 Å². The molecule has 1 saturated heterocycles. The van der Waals surface area contributed by atoms with Gasteiger partial charge in [0.15, 0.2) is 5.17 Å². The molecule has 0 unspecified atom stereocenters. The zero-order valence-corrected chi connectivity index (χ0v) is 15.6. The third-order valence-corrected chi connectivity index (χ3v) is 5.26. The fourth-order valence-corrected chi connectivity index (χ4v) is 3.78. The quantitative estimate of drug-likeness (QED) is 0.699. The van der Waals surface area contributed by atoms with Gasteiger partial charge in [-0.25, -0.2) is 9.98 Å². The number of para-hydroxylation sites is 1. The molecule has 5 nitrogen and oxygen atoms in total. The van der Waals surface area contributed by atoms with E-state index >= 15 is 0 Å². The molecule has 1 N–H and O–H groups in total. The predicted octanol–water partition coefficient (Wildman–Crippen LogP) is 4.08. The smallest absolute Gasteiger partial charge is 0.264 e. The highest BCUT2D eigenvalue weighted by Crippen LogP contribution is 2.31. The Labute approximate surface area is 155 Å². The number of imidazole rings is 1. The summed E-state index contributed by atoms with van der Waals surface area (Å²) < 4.78 is 1.97. The summed E-state index contributed by atoms with van der Waals surface area (Å²) in [6.07, 6.45) is 3.67. The van der Waals surface area contributed by atoms with Crippen molar-refractivity contribution < 1.29 is 4.79 Å². The van der Waals surface area contributed by atoms with Crippen LogP contribution in [0.25, 0.3) is 17.1 Å². The number of carbonyl (C=O) groups is 1. The largest absolute Gasteiger partial charge is 0.334 e. The summed E-state index contributed by atoms with van der Waals surface area (Å²) >= 11 is 1.37. The lowest BCUT2D eigenvalue weighted by atomic mass is 10.1. The van der Waals surface area contributed by atoms with Crippen molar-refractivity contribution in [2.75, 3.05) is 0 Å². The first-order valence-electron chi connectivity index (χ1n) is 8.28. The maximum Gasteiger partial charge on any atom is 0.264 e. The van der Waals surface area contributed by atoms with E-state index < -0.39 is 0 Å². The number of aromatic nitrogens is 2. The van der Waals surface area contributed by atoms with Crippen LogP contribution in [0, 0.1) is 13.8 Å². The minimum atomic E-state index is -0.120. The number of carbonyl (C=O) groups excluding carboxylic acids is 1. The molecule has 1 fully saturated rings. The lowest BCUT2D eigenvalue weighted by Crippen LogP contribution is -2.19. The van der Waals surface area contributed by atoms with Crippen molar-refractivity contribution in [2.24, 2.45) is 12.0 Å². The summed E-state index contributed by atoms with van der Waals surface area (Å²) in [4.78, 5) is 21.9. The highest BCUT2D eigenvalue weighted by Gasteiger charge is 2.24. The average Bonchev–Trinajstić information content (AvgIpc) is 3.14. The first-order valence-corrected chi connectivity index (χ1v) is 9.10. The van der Waals surface area contributed by atoms with E-state index in [4.69, 9.17) is 0 Å². The van der Waals surface area contributed by atoms with Crippen molar-refractivity contribution >= 4 is 45.6 Å². The molecule has 4 rings (SSSR count). The Kier molecular flexibility index (Phi) is 4.12. The van der Waals surface area contributed by atoms with Gasteiger partial charge in [-0.2, -0.15) is 0 Å². The summed E-state index contributed by atoms with van der Waals surface area (Å²) in [5.41, 5.74) is 6.03. The molecule has 1 aromatic heterocycles. The number of thioether (sulfide) groups is 1. The summed E-state index contributed by atoms with van der Waals surface area (Å²) in [6, 6.07) is 12.0. The molecule has 2 heterocycles. The Morgan fingerprint density at radius 3 is 2.73 bits per heavy atom. The number of amides is 1. The number of fused-ring (bicyclic) bond motifs is 1. The topological polar surface area (TPSA) is 59.3 Å². The second-order valence-corrected chi connectivity index (χ2v) is 7.36. The van der Waals surface area contributed by atoms with Gasteiger partial charge in [-0.05, 0) is 60.5 Å². The Hall–Kier alpha value is -2.86. The Balaban J connectivity index is 1.66. The number of hydrogen-bond acceptors (Lipinski definition) is 4. The van der Waals surface area contributed by atoms with Crippen molar-refractivity contribution in [2.45, 2.75) is 13.8 Å². The lowest BCUT2D eigenvalue weighted by molar-refractivity contribution is -0.115. The van der Waals surface area contributed by atoms with Gasteiger partial charge in [0.2, 0.25) is 0 Å². The molecule has 2 aromatic carbocycles. The summed E-state index contributed by atoms with van der Waals surface area (Å²) in [5.74, 6) is -0.120. The van der Waals surface area contributed by atoms with Crippen LogP contribution in [0.3, 0.4) is 0 Å². The van der Waals surface area contributed by atoms with E-state index in [0.29, 0.717) is 10.1 Å². The number of aliphatic imine (C=N–C) groups is 1. The third-order valence-electron chi connectivity index (χ3n) is 4.35. The second-order valence-electron chi connectivity index (χ2n) is 6.33. The average molecular weight is 362 g/mol. The SMILES string of the molecule is Cc1cccc(C)c1N=C1NC(=O)C(=Cc2ccc3ncn(C)c3c2)S1. The predicted molar refractivity (Wildman–Crippen MR) is 107 cm³/mol. The monoisotopic (exact) mass is 362 g/mol. The number of nitrogens with zero attached hydrogens (tertiary/aromatic N) is 3. The Bertz CT molecular complexity index is 1070. The molecule has 26 heavy (non-hydrogen) atoms. The van der Waals surface area contributed by atoms with Crippen LogP contribution in [-0.4, -0.2) is 20.6 Å². The van der Waals surface area contributed by atoms with Gasteiger partial charge in [0, 0.05) is 7.05 Å². The minimum absolute atomic E-state index is 0.120. The molecule has 0 spiro atoms. The van der Waals surface area contributed by atoms with Crippen LogP contribution < -0.4 is 5.32 Å². The van der Waals surface area contributed by atoms with Crippen molar-refractivity contribution in [3.8, 4) is 0 Å². The number of benzene rings is 2. The fourth-order valence-electron chi connectivity index (χ4n) is 2.95. The summed E-state index contributed by atoms with van der Waals surface area (Å²) in [6.45, 7) is 4.04. The zero-order chi connectivity index (χ0) is 18.3. The summed E-state index contributed by atoms with van der Waals surface area (Å²) in [5, 5.41) is 3.47. The Morgan fingerprint density at radius 1 is 1.19 bits per heavy atom. The highest BCUT2D eigenvalue weighted by molar-refractivity contribution is 8.18. The molecule has 1 amide bonds. The van der Waals surface area contributed by atoms with Crippen molar-refractivity contribution in [1.29, 1.82) is 0 Å². The number of hydrogen-bond donors (Lipinski definition) is 1. The maximum absolute atomic E-state index is 12.3. The van der Waals surface area contributed by atoms with Gasteiger partial charge in [-0.15, -0.1) is 0 Å². The molecule has 130 valence electrons. The molecule has 0 radical (unpaired) electrons. The first-order chi connectivity index (χ1) is 12.5. The lowest BCUT2D eigenvalue weighted by Gasteiger charge is -2.04. The third kappa shape index (κ3) is 3.04. The van der Waals surface area contributed by atoms with Crippen LogP contribution in [0.4, 0.5) is 5.69 Å². The van der Waals surface area contributed by atoms with E-state index in [1.165, 1.54) is 11.8 Å². The van der Waals surface area contributed by atoms with E-state index in [1.54, 1.807) is 6.33 Å². The molecular weight excluding hydrogens is 344 g/mol. The van der Waals surface area contributed by atoms with Gasteiger partial charge in [0.1, 0.15) is 0 Å². The van der Waals surface area contributed by atoms with Gasteiger partial charge in [0.05, 0.1) is 28.0 Å². The molecular formula is C20H18N4OS. The molecule has 6 heteroatoms. The Morgan fingerprint density at radius 2 is 1.96 bits per heavy atom. The maximum atomic E-state index is 12.3. The zero-order valence-electron chi connectivity index (χ0n) is 14.8. The van der Waals surface area contributed by atoms with E-state index in [1.807, 2.05) is 67.9 Å². The summed E-state index contributed by atoms with van der Waals surface area (Å²) in [7, 11) is 1.96. The molecule has 0 atom stereocenters. The molecule has 1 aliphatic heterocycles. The van der Waals surface area contributed by atoms with Crippen LogP contribution in [0.15, 0.2) is 52.6 Å². The fraction of sp³-hybridized carbons (Fsp3) is 0.150. The molecule has 3 aromatic rings. The van der Waals surface area contributed by atoms with Crippen LogP contribution in [0.2, 0.25) is 0 Å². The molecule has 1 aliphatic rings. The number of nitrogens with one attached hydrogen (secondary N) is 1.